The first kappa shape index (κ1) is 22.4. The zero-order valence-electron chi connectivity index (χ0n) is 16.8. The number of methoxy groups -OCH3 is 1. The van der Waals surface area contributed by atoms with E-state index in [1.807, 2.05) is 0 Å². The van der Waals surface area contributed by atoms with E-state index in [2.05, 4.69) is 9.97 Å². The number of oxazole rings is 1. The van der Waals surface area contributed by atoms with E-state index in [4.69, 9.17) is 9.15 Å². The molecule has 4 rings (SSSR count). The van der Waals surface area contributed by atoms with Crippen LogP contribution in [0.25, 0.3) is 33.7 Å². The Labute approximate surface area is 183 Å². The Balaban J connectivity index is 1.93. The lowest BCUT2D eigenvalue weighted by Gasteiger charge is -2.15. The number of nitrogens with zero attached hydrogens (tertiary/aromatic N) is 2. The summed E-state index contributed by atoms with van der Waals surface area (Å²) < 4.78 is 90.8. The minimum Gasteiger partial charge on any atom is -0.496 e. The average Bonchev–Trinajstić information content (AvgIpc) is 3.27. The second-order valence-electron chi connectivity index (χ2n) is 6.95. The van der Waals surface area contributed by atoms with Crippen LogP contribution in [0.2, 0.25) is 0 Å². The minimum atomic E-state index is -4.99. The molecule has 10 heteroatoms. The van der Waals surface area contributed by atoms with Crippen LogP contribution in [0.15, 0.2) is 71.7 Å². The van der Waals surface area contributed by atoms with E-state index >= 15 is 0 Å². The number of alkyl halides is 6. The zero-order chi connectivity index (χ0) is 23.8. The van der Waals surface area contributed by atoms with E-state index in [1.165, 1.54) is 19.5 Å². The van der Waals surface area contributed by atoms with Crippen molar-refractivity contribution in [2.75, 3.05) is 7.11 Å². The Bertz CT molecular complexity index is 1260. The minimum absolute atomic E-state index is 0.0311. The lowest BCUT2D eigenvalue weighted by Crippen LogP contribution is -2.11. The van der Waals surface area contributed by atoms with Crippen LogP contribution in [0.5, 0.6) is 5.75 Å². The van der Waals surface area contributed by atoms with Gasteiger partial charge in [0.15, 0.2) is 12.2 Å². The van der Waals surface area contributed by atoms with Crippen LogP contribution in [0.1, 0.15) is 11.1 Å². The Morgan fingerprint density at radius 2 is 1.48 bits per heavy atom. The second kappa shape index (κ2) is 8.27. The SMILES string of the molecule is COc1ccccc1-c1ccncc1-c1ocnc1-c1cc(C(F)(F)F)cc(C(F)(F)F)c1. The van der Waals surface area contributed by atoms with Crippen molar-refractivity contribution in [3.05, 3.63) is 78.4 Å². The summed E-state index contributed by atoms with van der Waals surface area (Å²) in [5.41, 5.74) is -1.98. The standard InChI is InChI=1S/C23H14F6N2O2/c1-32-19-5-3-2-4-17(19)16-6-7-30-11-18(16)21-20(31-12-33-21)13-8-14(22(24,25)26)10-15(9-13)23(27,28)29/h2-12H,1H3. The number of hydrogen-bond acceptors (Lipinski definition) is 4. The molecule has 33 heavy (non-hydrogen) atoms. The molecule has 2 aromatic heterocycles. The molecule has 4 nitrogen and oxygen atoms in total. The molecule has 0 saturated heterocycles. The van der Waals surface area contributed by atoms with Gasteiger partial charge < -0.3 is 9.15 Å². The zero-order valence-corrected chi connectivity index (χ0v) is 16.8. The molecule has 0 fully saturated rings. The van der Waals surface area contributed by atoms with Gasteiger partial charge in [-0.05, 0) is 35.9 Å². The van der Waals surface area contributed by atoms with E-state index < -0.39 is 29.0 Å². The molecule has 0 aliphatic carbocycles. The van der Waals surface area contributed by atoms with Gasteiger partial charge in [-0.1, -0.05) is 18.2 Å². The molecule has 4 aromatic rings. The molecule has 0 unspecified atom stereocenters. The Kier molecular flexibility index (Phi) is 5.61. The van der Waals surface area contributed by atoms with Gasteiger partial charge in [0.2, 0.25) is 0 Å². The van der Waals surface area contributed by atoms with Gasteiger partial charge in [-0.25, -0.2) is 4.98 Å². The highest BCUT2D eigenvalue weighted by Crippen LogP contribution is 2.43. The summed E-state index contributed by atoms with van der Waals surface area (Å²) in [6.07, 6.45) is -6.14. The molecule has 0 saturated carbocycles. The highest BCUT2D eigenvalue weighted by atomic mass is 19.4. The van der Waals surface area contributed by atoms with Crippen LogP contribution in [-0.2, 0) is 12.4 Å². The van der Waals surface area contributed by atoms with Crippen molar-refractivity contribution < 1.29 is 35.5 Å². The summed E-state index contributed by atoms with van der Waals surface area (Å²) in [4.78, 5) is 7.97. The van der Waals surface area contributed by atoms with Crippen molar-refractivity contribution in [3.63, 3.8) is 0 Å². The van der Waals surface area contributed by atoms with Crippen LogP contribution in [0.4, 0.5) is 26.3 Å². The number of halogens is 6. The highest BCUT2D eigenvalue weighted by molar-refractivity contribution is 5.88. The highest BCUT2D eigenvalue weighted by Gasteiger charge is 2.37. The summed E-state index contributed by atoms with van der Waals surface area (Å²) in [5, 5.41) is 0. The maximum Gasteiger partial charge on any atom is 0.416 e. The van der Waals surface area contributed by atoms with Crippen molar-refractivity contribution in [2.24, 2.45) is 0 Å². The summed E-state index contributed by atoms with van der Waals surface area (Å²) >= 11 is 0. The fourth-order valence-corrected chi connectivity index (χ4v) is 3.41. The fraction of sp³-hybridized carbons (Fsp3) is 0.130. The molecular weight excluding hydrogens is 450 g/mol. The van der Waals surface area contributed by atoms with Gasteiger partial charge in [0.05, 0.1) is 18.2 Å². The molecule has 2 heterocycles. The number of pyridine rings is 1. The summed E-state index contributed by atoms with van der Waals surface area (Å²) in [6, 6.07) is 9.88. The third-order valence-electron chi connectivity index (χ3n) is 4.89. The first-order chi connectivity index (χ1) is 15.6. The third-order valence-corrected chi connectivity index (χ3v) is 4.89. The first-order valence-corrected chi connectivity index (χ1v) is 9.40. The molecule has 0 N–H and O–H groups in total. The molecule has 0 amide bonds. The Hall–Kier alpha value is -3.82. The average molecular weight is 464 g/mol. The largest absolute Gasteiger partial charge is 0.496 e. The molecule has 170 valence electrons. The van der Waals surface area contributed by atoms with E-state index in [9.17, 15) is 26.3 Å². The lowest BCUT2D eigenvalue weighted by molar-refractivity contribution is -0.143. The van der Waals surface area contributed by atoms with Gasteiger partial charge in [0.25, 0.3) is 0 Å². The van der Waals surface area contributed by atoms with Gasteiger partial charge in [-0.3, -0.25) is 4.98 Å². The Morgan fingerprint density at radius 1 is 0.818 bits per heavy atom. The van der Waals surface area contributed by atoms with Crippen molar-refractivity contribution in [3.8, 4) is 39.5 Å². The van der Waals surface area contributed by atoms with E-state index in [0.717, 1.165) is 6.39 Å². The third kappa shape index (κ3) is 4.41. The first-order valence-electron chi connectivity index (χ1n) is 9.40. The number of aromatic nitrogens is 2. The Morgan fingerprint density at radius 3 is 2.12 bits per heavy atom. The maximum absolute atomic E-state index is 13.3. The maximum atomic E-state index is 13.3. The molecular formula is C23H14F6N2O2. The number of hydrogen-bond donors (Lipinski definition) is 0. The topological polar surface area (TPSA) is 48.2 Å². The van der Waals surface area contributed by atoms with Crippen molar-refractivity contribution in [1.82, 2.24) is 9.97 Å². The normalized spacial score (nSPS) is 12.1. The van der Waals surface area contributed by atoms with Crippen LogP contribution < -0.4 is 4.74 Å². The van der Waals surface area contributed by atoms with Gasteiger partial charge >= 0.3 is 12.4 Å². The predicted octanol–water partition coefficient (Wildman–Crippen LogP) is 7.12. The summed E-state index contributed by atoms with van der Waals surface area (Å²) in [5.74, 6) is 0.473. The van der Waals surface area contributed by atoms with E-state index in [0.29, 0.717) is 34.6 Å². The number of benzene rings is 2. The van der Waals surface area contributed by atoms with Gasteiger partial charge in [-0.2, -0.15) is 26.3 Å². The van der Waals surface area contributed by atoms with Crippen LogP contribution in [0.3, 0.4) is 0 Å². The quantitative estimate of drug-likeness (QED) is 0.302. The smallest absolute Gasteiger partial charge is 0.416 e. The molecule has 2 aromatic carbocycles. The number of rotatable bonds is 4. The predicted molar refractivity (Wildman–Crippen MR) is 107 cm³/mol. The van der Waals surface area contributed by atoms with Crippen molar-refractivity contribution >= 4 is 0 Å². The second-order valence-corrected chi connectivity index (χ2v) is 6.95. The van der Waals surface area contributed by atoms with E-state index in [-0.39, 0.29) is 17.5 Å². The number of ether oxygens (including phenoxy) is 1. The molecule has 0 bridgehead atoms. The van der Waals surface area contributed by atoms with Crippen molar-refractivity contribution in [2.45, 2.75) is 12.4 Å². The van der Waals surface area contributed by atoms with Gasteiger partial charge in [0.1, 0.15) is 11.4 Å². The van der Waals surface area contributed by atoms with Gasteiger partial charge in [0, 0.05) is 29.1 Å². The fourth-order valence-electron chi connectivity index (χ4n) is 3.41. The van der Waals surface area contributed by atoms with Crippen LogP contribution in [-0.4, -0.2) is 17.1 Å². The van der Waals surface area contributed by atoms with Crippen LogP contribution >= 0.6 is 0 Å². The van der Waals surface area contributed by atoms with Gasteiger partial charge in [-0.15, -0.1) is 0 Å². The number of para-hydroxylation sites is 1. The molecule has 0 spiro atoms. The molecule has 0 radical (unpaired) electrons. The monoisotopic (exact) mass is 464 g/mol. The van der Waals surface area contributed by atoms with E-state index in [1.54, 1.807) is 30.3 Å². The molecule has 0 aliphatic heterocycles. The lowest BCUT2D eigenvalue weighted by atomic mass is 9.96. The molecule has 0 atom stereocenters. The van der Waals surface area contributed by atoms with Crippen LogP contribution in [0, 0.1) is 0 Å². The summed E-state index contributed by atoms with van der Waals surface area (Å²) in [6.45, 7) is 0. The summed E-state index contributed by atoms with van der Waals surface area (Å²) in [7, 11) is 1.47. The van der Waals surface area contributed by atoms with Crippen molar-refractivity contribution in [1.29, 1.82) is 0 Å². The molecule has 0 aliphatic rings.